The fourth-order valence-electron chi connectivity index (χ4n) is 1.65. The van der Waals surface area contributed by atoms with Gasteiger partial charge in [0.25, 0.3) is 5.22 Å². The Labute approximate surface area is 127 Å². The molecule has 1 aromatic carbocycles. The summed E-state index contributed by atoms with van der Waals surface area (Å²) in [6.45, 7) is 2.31. The van der Waals surface area contributed by atoms with Crippen LogP contribution < -0.4 is 10.1 Å². The third-order valence-corrected chi connectivity index (χ3v) is 3.55. The third kappa shape index (κ3) is 5.11. The summed E-state index contributed by atoms with van der Waals surface area (Å²) in [5.41, 5.74) is 1.15. The van der Waals surface area contributed by atoms with Crippen LogP contribution in [0.25, 0.3) is 0 Å². The van der Waals surface area contributed by atoms with Gasteiger partial charge < -0.3 is 14.5 Å². The van der Waals surface area contributed by atoms with Crippen molar-refractivity contribution in [2.45, 2.75) is 18.6 Å². The van der Waals surface area contributed by atoms with E-state index >= 15 is 0 Å². The van der Waals surface area contributed by atoms with E-state index in [1.54, 1.807) is 14.0 Å². The number of benzene rings is 1. The Morgan fingerprint density at radius 2 is 2.10 bits per heavy atom. The molecule has 0 fully saturated rings. The van der Waals surface area contributed by atoms with Crippen LogP contribution in [0.1, 0.15) is 11.5 Å². The van der Waals surface area contributed by atoms with E-state index in [1.165, 1.54) is 11.8 Å². The van der Waals surface area contributed by atoms with E-state index in [-0.39, 0.29) is 11.7 Å². The fraction of sp³-hybridized carbons (Fsp3) is 0.357. The first kappa shape index (κ1) is 15.4. The van der Waals surface area contributed by atoms with Gasteiger partial charge in [0.15, 0.2) is 0 Å². The quantitative estimate of drug-likeness (QED) is 0.787. The number of nitrogens with one attached hydrogen (secondary N) is 1. The molecule has 21 heavy (non-hydrogen) atoms. The normalized spacial score (nSPS) is 10.4. The van der Waals surface area contributed by atoms with Crippen molar-refractivity contribution in [3.05, 3.63) is 35.7 Å². The molecule has 0 spiro atoms. The largest absolute Gasteiger partial charge is 0.497 e. The number of carbonyl (C=O) groups excluding carboxylic acids is 1. The van der Waals surface area contributed by atoms with Crippen LogP contribution in [0.15, 0.2) is 33.9 Å². The highest BCUT2D eigenvalue weighted by atomic mass is 32.2. The van der Waals surface area contributed by atoms with Crippen molar-refractivity contribution >= 4 is 17.7 Å². The molecule has 1 heterocycles. The number of thioether (sulfide) groups is 1. The summed E-state index contributed by atoms with van der Waals surface area (Å²) in [5, 5.41) is 10.8. The van der Waals surface area contributed by atoms with Gasteiger partial charge in [-0.2, -0.15) is 0 Å². The van der Waals surface area contributed by atoms with Crippen molar-refractivity contribution in [2.75, 3.05) is 19.4 Å². The molecular weight excluding hydrogens is 290 g/mol. The second-order valence-electron chi connectivity index (χ2n) is 4.32. The maximum Gasteiger partial charge on any atom is 0.277 e. The highest BCUT2D eigenvalue weighted by Gasteiger charge is 2.07. The lowest BCUT2D eigenvalue weighted by atomic mass is 10.1. The van der Waals surface area contributed by atoms with Gasteiger partial charge in [-0.3, -0.25) is 4.79 Å². The van der Waals surface area contributed by atoms with Crippen LogP contribution in [-0.2, 0) is 11.2 Å². The van der Waals surface area contributed by atoms with Crippen LogP contribution in [-0.4, -0.2) is 35.5 Å². The van der Waals surface area contributed by atoms with Crippen molar-refractivity contribution in [3.8, 4) is 5.75 Å². The SMILES string of the molecule is COc1ccc(CCNC(=O)CSc2nnc(C)o2)cc1. The maximum atomic E-state index is 11.7. The summed E-state index contributed by atoms with van der Waals surface area (Å²) in [6.07, 6.45) is 0.778. The van der Waals surface area contributed by atoms with Crippen LogP contribution >= 0.6 is 11.8 Å². The Kier molecular flexibility index (Phi) is 5.62. The molecule has 1 N–H and O–H groups in total. The fourth-order valence-corrected chi connectivity index (χ4v) is 2.29. The number of hydrogen-bond acceptors (Lipinski definition) is 6. The van der Waals surface area contributed by atoms with Gasteiger partial charge in [0, 0.05) is 13.5 Å². The number of methoxy groups -OCH3 is 1. The van der Waals surface area contributed by atoms with E-state index in [0.717, 1.165) is 17.7 Å². The predicted octanol–water partition coefficient (Wildman–Crippen LogP) is 1.84. The zero-order valence-corrected chi connectivity index (χ0v) is 12.8. The number of nitrogens with zero attached hydrogens (tertiary/aromatic N) is 2. The average Bonchev–Trinajstić information content (AvgIpc) is 2.91. The molecule has 0 aliphatic rings. The lowest BCUT2D eigenvalue weighted by Gasteiger charge is -2.05. The zero-order valence-electron chi connectivity index (χ0n) is 12.0. The van der Waals surface area contributed by atoms with Crippen molar-refractivity contribution in [1.82, 2.24) is 15.5 Å². The Bertz CT molecular complexity index is 583. The second kappa shape index (κ2) is 7.68. The molecule has 1 amide bonds. The Hall–Kier alpha value is -2.02. The van der Waals surface area contributed by atoms with Crippen LogP contribution in [0.2, 0.25) is 0 Å². The van der Waals surface area contributed by atoms with Gasteiger partial charge >= 0.3 is 0 Å². The van der Waals surface area contributed by atoms with E-state index in [9.17, 15) is 4.79 Å². The Morgan fingerprint density at radius 3 is 2.71 bits per heavy atom. The van der Waals surface area contributed by atoms with E-state index in [1.807, 2.05) is 24.3 Å². The molecule has 0 unspecified atom stereocenters. The zero-order chi connectivity index (χ0) is 15.1. The van der Waals surface area contributed by atoms with Crippen LogP contribution in [0.5, 0.6) is 5.75 Å². The third-order valence-electron chi connectivity index (χ3n) is 2.73. The standard InChI is InChI=1S/C14H17N3O3S/c1-10-16-17-14(20-10)21-9-13(18)15-8-7-11-3-5-12(19-2)6-4-11/h3-6H,7-9H2,1-2H3,(H,15,18). The van der Waals surface area contributed by atoms with Gasteiger partial charge in [-0.15, -0.1) is 10.2 Å². The molecule has 112 valence electrons. The molecule has 0 saturated carbocycles. The summed E-state index contributed by atoms with van der Waals surface area (Å²) in [6, 6.07) is 7.79. The molecule has 1 aromatic heterocycles. The molecule has 0 aliphatic heterocycles. The van der Waals surface area contributed by atoms with E-state index in [4.69, 9.17) is 9.15 Å². The van der Waals surface area contributed by atoms with Crippen LogP contribution in [0.3, 0.4) is 0 Å². The first-order valence-electron chi connectivity index (χ1n) is 6.50. The van der Waals surface area contributed by atoms with Gasteiger partial charge in [-0.25, -0.2) is 0 Å². The number of ether oxygens (including phenoxy) is 1. The number of aromatic nitrogens is 2. The Balaban J connectivity index is 1.66. The van der Waals surface area contributed by atoms with Gasteiger partial charge in [-0.05, 0) is 24.1 Å². The summed E-state index contributed by atoms with van der Waals surface area (Å²) < 4.78 is 10.3. The first-order valence-corrected chi connectivity index (χ1v) is 7.48. The van der Waals surface area contributed by atoms with E-state index < -0.39 is 0 Å². The number of aryl methyl sites for hydroxylation is 1. The topological polar surface area (TPSA) is 77.2 Å². The monoisotopic (exact) mass is 307 g/mol. The van der Waals surface area contributed by atoms with Crippen molar-refractivity contribution in [3.63, 3.8) is 0 Å². The van der Waals surface area contributed by atoms with Gasteiger partial charge in [0.2, 0.25) is 11.8 Å². The smallest absolute Gasteiger partial charge is 0.277 e. The van der Waals surface area contributed by atoms with Gasteiger partial charge in [0.05, 0.1) is 12.9 Å². The van der Waals surface area contributed by atoms with Crippen molar-refractivity contribution in [1.29, 1.82) is 0 Å². The Morgan fingerprint density at radius 1 is 1.33 bits per heavy atom. The van der Waals surface area contributed by atoms with Crippen LogP contribution in [0.4, 0.5) is 0 Å². The summed E-state index contributed by atoms with van der Waals surface area (Å²) in [5.74, 6) is 1.54. The highest BCUT2D eigenvalue weighted by Crippen LogP contribution is 2.15. The van der Waals surface area contributed by atoms with Gasteiger partial charge in [0.1, 0.15) is 5.75 Å². The number of hydrogen-bond donors (Lipinski definition) is 1. The first-order chi connectivity index (χ1) is 10.2. The molecule has 0 bridgehead atoms. The molecule has 0 saturated heterocycles. The number of amides is 1. The highest BCUT2D eigenvalue weighted by molar-refractivity contribution is 7.99. The summed E-state index contributed by atoms with van der Waals surface area (Å²) in [4.78, 5) is 11.7. The average molecular weight is 307 g/mol. The minimum Gasteiger partial charge on any atom is -0.497 e. The van der Waals surface area contributed by atoms with E-state index in [2.05, 4.69) is 15.5 Å². The lowest BCUT2D eigenvalue weighted by molar-refractivity contribution is -0.118. The van der Waals surface area contributed by atoms with Crippen LogP contribution in [0, 0.1) is 6.92 Å². The lowest BCUT2D eigenvalue weighted by Crippen LogP contribution is -2.27. The van der Waals surface area contributed by atoms with Crippen molar-refractivity contribution in [2.24, 2.45) is 0 Å². The number of rotatable bonds is 7. The molecule has 2 rings (SSSR count). The second-order valence-corrected chi connectivity index (χ2v) is 5.25. The summed E-state index contributed by atoms with van der Waals surface area (Å²) >= 11 is 1.23. The molecule has 0 aliphatic carbocycles. The number of carbonyl (C=O) groups is 1. The van der Waals surface area contributed by atoms with E-state index in [0.29, 0.717) is 17.7 Å². The van der Waals surface area contributed by atoms with Crippen molar-refractivity contribution < 1.29 is 13.9 Å². The molecule has 0 radical (unpaired) electrons. The minimum atomic E-state index is -0.0515. The van der Waals surface area contributed by atoms with Gasteiger partial charge in [-0.1, -0.05) is 23.9 Å². The molecule has 2 aromatic rings. The summed E-state index contributed by atoms with van der Waals surface area (Å²) in [7, 11) is 1.64. The predicted molar refractivity (Wildman–Crippen MR) is 79.5 cm³/mol. The molecule has 0 atom stereocenters. The minimum absolute atomic E-state index is 0.0515. The maximum absolute atomic E-state index is 11.7. The molecule has 6 nitrogen and oxygen atoms in total. The molecular formula is C14H17N3O3S. The molecule has 7 heteroatoms.